The molecule has 2 amide bonds. The molecule has 0 saturated carbocycles. The van der Waals surface area contributed by atoms with Crippen LogP contribution in [0, 0.1) is 5.92 Å². The lowest BCUT2D eigenvalue weighted by atomic mass is 9.96. The fraction of sp³-hybridized carbons (Fsp3) is 0.556. The Morgan fingerprint density at radius 1 is 1.29 bits per heavy atom. The summed E-state index contributed by atoms with van der Waals surface area (Å²) < 4.78 is 43.0. The van der Waals surface area contributed by atoms with Gasteiger partial charge >= 0.3 is 12.1 Å². The molecule has 0 radical (unpaired) electrons. The van der Waals surface area contributed by atoms with Gasteiger partial charge in [-0.15, -0.1) is 0 Å². The van der Waals surface area contributed by atoms with Crippen LogP contribution < -0.4 is 10.1 Å². The summed E-state index contributed by atoms with van der Waals surface area (Å²) in [7, 11) is 0. The van der Waals surface area contributed by atoms with Crippen molar-refractivity contribution in [1.82, 2.24) is 10.2 Å². The van der Waals surface area contributed by atoms with Gasteiger partial charge in [-0.25, -0.2) is 0 Å². The molecule has 1 N–H and O–H groups in total. The van der Waals surface area contributed by atoms with E-state index in [0.29, 0.717) is 56.2 Å². The Bertz CT molecular complexity index is 695. The molecule has 5 nitrogen and oxygen atoms in total. The number of benzene rings is 1. The first-order valence-electron chi connectivity index (χ1n) is 8.87. The van der Waals surface area contributed by atoms with Crippen LogP contribution in [0.5, 0.6) is 5.75 Å². The molecule has 0 spiro atoms. The van der Waals surface area contributed by atoms with Gasteiger partial charge in [-0.2, -0.15) is 13.2 Å². The topological polar surface area (TPSA) is 58.6 Å². The number of carbonyl (C=O) groups is 2. The van der Waals surface area contributed by atoms with Crippen LogP contribution in [0.4, 0.5) is 13.2 Å². The van der Waals surface area contributed by atoms with Crippen molar-refractivity contribution >= 4 is 39.3 Å². The zero-order valence-electron chi connectivity index (χ0n) is 15.0. The average molecular weight is 486 g/mol. The Morgan fingerprint density at radius 2 is 1.96 bits per heavy atom. The molecule has 0 bridgehead atoms. The highest BCUT2D eigenvalue weighted by Gasteiger charge is 2.38. The molecule has 1 aliphatic rings. The van der Waals surface area contributed by atoms with Crippen LogP contribution in [0.3, 0.4) is 0 Å². The molecule has 1 aliphatic heterocycles. The third kappa shape index (κ3) is 7.16. The van der Waals surface area contributed by atoms with Crippen molar-refractivity contribution in [2.75, 3.05) is 26.2 Å². The smallest absolute Gasteiger partial charge is 0.471 e. The number of halogens is 5. The van der Waals surface area contributed by atoms with Crippen molar-refractivity contribution in [3.63, 3.8) is 0 Å². The molecule has 156 valence electrons. The number of nitrogens with one attached hydrogen (secondary N) is 1. The third-order valence-electron chi connectivity index (χ3n) is 4.46. The normalized spacial score (nSPS) is 15.4. The van der Waals surface area contributed by atoms with Gasteiger partial charge in [0.25, 0.3) is 0 Å². The molecule has 1 aromatic carbocycles. The maximum atomic E-state index is 12.2. The quantitative estimate of drug-likeness (QED) is 0.590. The minimum absolute atomic E-state index is 0.0109. The van der Waals surface area contributed by atoms with E-state index in [0.717, 1.165) is 4.47 Å². The minimum Gasteiger partial charge on any atom is -0.492 e. The summed E-state index contributed by atoms with van der Waals surface area (Å²) in [5.41, 5.74) is 0. The SMILES string of the molecule is O=C(CCCOc1ccc(Br)cc1Cl)N1CCC(CNC(=O)C(F)(F)F)CC1. The van der Waals surface area contributed by atoms with E-state index in [4.69, 9.17) is 16.3 Å². The molecule has 0 atom stereocenters. The molecule has 28 heavy (non-hydrogen) atoms. The van der Waals surface area contributed by atoms with Gasteiger partial charge in [0.15, 0.2) is 0 Å². The lowest BCUT2D eigenvalue weighted by molar-refractivity contribution is -0.173. The molecular weight excluding hydrogens is 465 g/mol. The summed E-state index contributed by atoms with van der Waals surface area (Å²) in [4.78, 5) is 24.8. The number of piperidine rings is 1. The van der Waals surface area contributed by atoms with E-state index in [1.807, 2.05) is 11.4 Å². The number of hydrogen-bond acceptors (Lipinski definition) is 3. The second-order valence-electron chi connectivity index (χ2n) is 6.56. The fourth-order valence-electron chi connectivity index (χ4n) is 2.88. The Hall–Kier alpha value is -1.48. The first kappa shape index (κ1) is 22.8. The van der Waals surface area contributed by atoms with Crippen LogP contribution in [0.1, 0.15) is 25.7 Å². The van der Waals surface area contributed by atoms with Crippen molar-refractivity contribution in [2.45, 2.75) is 31.9 Å². The van der Waals surface area contributed by atoms with Crippen molar-refractivity contribution in [3.05, 3.63) is 27.7 Å². The van der Waals surface area contributed by atoms with Gasteiger partial charge in [-0.3, -0.25) is 9.59 Å². The van der Waals surface area contributed by atoms with Crippen molar-refractivity contribution in [1.29, 1.82) is 0 Å². The van der Waals surface area contributed by atoms with Gasteiger partial charge in [0.2, 0.25) is 5.91 Å². The van der Waals surface area contributed by atoms with Gasteiger partial charge < -0.3 is 15.0 Å². The average Bonchev–Trinajstić information content (AvgIpc) is 2.64. The first-order chi connectivity index (χ1) is 13.2. The summed E-state index contributed by atoms with van der Waals surface area (Å²) in [5, 5.41) is 2.39. The van der Waals surface area contributed by atoms with Crippen LogP contribution in [0.25, 0.3) is 0 Å². The zero-order valence-corrected chi connectivity index (χ0v) is 17.4. The maximum Gasteiger partial charge on any atom is 0.471 e. The molecule has 1 saturated heterocycles. The van der Waals surface area contributed by atoms with E-state index < -0.39 is 12.1 Å². The molecule has 2 rings (SSSR count). The summed E-state index contributed by atoms with van der Waals surface area (Å²) in [6.07, 6.45) is -2.88. The van der Waals surface area contributed by atoms with Gasteiger partial charge in [0, 0.05) is 30.5 Å². The largest absolute Gasteiger partial charge is 0.492 e. The summed E-state index contributed by atoms with van der Waals surface area (Å²) in [5.74, 6) is -1.43. The number of amides is 2. The summed E-state index contributed by atoms with van der Waals surface area (Å²) in [6, 6.07) is 5.29. The Balaban J connectivity index is 1.63. The molecule has 1 heterocycles. The Morgan fingerprint density at radius 3 is 2.57 bits per heavy atom. The molecule has 1 aromatic rings. The van der Waals surface area contributed by atoms with Crippen molar-refractivity contribution in [3.8, 4) is 5.75 Å². The predicted octanol–water partition coefficient (Wildman–Crippen LogP) is 4.18. The highest BCUT2D eigenvalue weighted by Crippen LogP contribution is 2.28. The van der Waals surface area contributed by atoms with Gasteiger partial charge in [0.05, 0.1) is 11.6 Å². The summed E-state index contributed by atoms with van der Waals surface area (Å²) >= 11 is 9.37. The first-order valence-corrected chi connectivity index (χ1v) is 10.0. The molecule has 10 heteroatoms. The highest BCUT2D eigenvalue weighted by molar-refractivity contribution is 9.10. The number of nitrogens with zero attached hydrogens (tertiary/aromatic N) is 1. The molecule has 0 unspecified atom stereocenters. The summed E-state index contributed by atoms with van der Waals surface area (Å²) in [6.45, 7) is 1.28. The maximum absolute atomic E-state index is 12.2. The van der Waals surface area contributed by atoms with Crippen molar-refractivity contribution in [2.24, 2.45) is 5.92 Å². The van der Waals surface area contributed by atoms with Gasteiger partial charge in [-0.05, 0) is 43.4 Å². The number of rotatable bonds is 7. The lowest BCUT2D eigenvalue weighted by Gasteiger charge is -2.32. The van der Waals surface area contributed by atoms with E-state index in [-0.39, 0.29) is 18.4 Å². The second kappa shape index (κ2) is 10.3. The van der Waals surface area contributed by atoms with E-state index in [9.17, 15) is 22.8 Å². The Kier molecular flexibility index (Phi) is 8.42. The van der Waals surface area contributed by atoms with Gasteiger partial charge in [-0.1, -0.05) is 27.5 Å². The van der Waals surface area contributed by atoms with E-state index in [2.05, 4.69) is 15.9 Å². The van der Waals surface area contributed by atoms with E-state index in [1.54, 1.807) is 17.0 Å². The minimum atomic E-state index is -4.86. The third-order valence-corrected chi connectivity index (χ3v) is 5.25. The Labute approximate surface area is 174 Å². The molecule has 1 fully saturated rings. The van der Waals surface area contributed by atoms with E-state index in [1.165, 1.54) is 0 Å². The van der Waals surface area contributed by atoms with Crippen LogP contribution in [0.2, 0.25) is 5.02 Å². The number of carbonyl (C=O) groups excluding carboxylic acids is 2. The van der Waals surface area contributed by atoms with Crippen LogP contribution in [-0.2, 0) is 9.59 Å². The number of alkyl halides is 3. The van der Waals surface area contributed by atoms with Crippen LogP contribution in [0.15, 0.2) is 22.7 Å². The molecule has 0 aromatic heterocycles. The lowest BCUT2D eigenvalue weighted by Crippen LogP contribution is -2.44. The van der Waals surface area contributed by atoms with Gasteiger partial charge in [0.1, 0.15) is 5.75 Å². The van der Waals surface area contributed by atoms with Crippen molar-refractivity contribution < 1.29 is 27.5 Å². The number of likely N-dealkylation sites (tertiary alicyclic amines) is 1. The highest BCUT2D eigenvalue weighted by atomic mass is 79.9. The zero-order chi connectivity index (χ0) is 20.7. The molecule has 0 aliphatic carbocycles. The standard InChI is InChI=1S/C18H21BrClF3N2O3/c19-13-3-4-15(14(20)10-13)28-9-1-2-16(26)25-7-5-12(6-8-25)11-24-17(27)18(21,22)23/h3-4,10,12H,1-2,5-9,11H2,(H,24,27). The number of hydrogen-bond donors (Lipinski definition) is 1. The van der Waals surface area contributed by atoms with Crippen LogP contribution >= 0.6 is 27.5 Å². The number of ether oxygens (including phenoxy) is 1. The predicted molar refractivity (Wildman–Crippen MR) is 102 cm³/mol. The monoisotopic (exact) mass is 484 g/mol. The second-order valence-corrected chi connectivity index (χ2v) is 7.88. The molecular formula is C18H21BrClF3N2O3. The van der Waals surface area contributed by atoms with Crippen LogP contribution in [-0.4, -0.2) is 49.1 Å². The van der Waals surface area contributed by atoms with E-state index >= 15 is 0 Å². The fourth-order valence-corrected chi connectivity index (χ4v) is 3.61.